The van der Waals surface area contributed by atoms with Gasteiger partial charge in [-0.1, -0.05) is 23.7 Å². The molecule has 0 aliphatic carbocycles. The van der Waals surface area contributed by atoms with Crippen LogP contribution in [-0.4, -0.2) is 21.6 Å². The van der Waals surface area contributed by atoms with Gasteiger partial charge in [0.25, 0.3) is 0 Å². The van der Waals surface area contributed by atoms with Crippen LogP contribution < -0.4 is 10.6 Å². The van der Waals surface area contributed by atoms with E-state index in [1.165, 1.54) is 12.4 Å². The summed E-state index contributed by atoms with van der Waals surface area (Å²) in [5, 5.41) is 15.9. The SMILES string of the molecule is N#Cc1nccnc1NC(=S)NCCc1cccc(Cl)c1. The van der Waals surface area contributed by atoms with E-state index >= 15 is 0 Å². The zero-order valence-electron chi connectivity index (χ0n) is 11.0. The molecule has 0 radical (unpaired) electrons. The number of nitriles is 1. The molecule has 0 saturated heterocycles. The number of benzene rings is 1. The Bertz CT molecular complexity index is 683. The molecule has 0 fully saturated rings. The molecule has 1 heterocycles. The average molecular weight is 318 g/mol. The number of nitrogens with one attached hydrogen (secondary N) is 2. The van der Waals surface area contributed by atoms with Gasteiger partial charge in [0.1, 0.15) is 6.07 Å². The molecule has 2 N–H and O–H groups in total. The van der Waals surface area contributed by atoms with Crippen molar-refractivity contribution in [2.24, 2.45) is 0 Å². The van der Waals surface area contributed by atoms with Crippen LogP contribution >= 0.6 is 23.8 Å². The fraction of sp³-hybridized carbons (Fsp3) is 0.143. The van der Waals surface area contributed by atoms with Crippen molar-refractivity contribution in [3.63, 3.8) is 0 Å². The Hall–Kier alpha value is -2.23. The molecule has 0 unspecified atom stereocenters. The van der Waals surface area contributed by atoms with Gasteiger partial charge in [-0.15, -0.1) is 0 Å². The third-order valence-electron chi connectivity index (χ3n) is 2.62. The van der Waals surface area contributed by atoms with Gasteiger partial charge < -0.3 is 10.6 Å². The van der Waals surface area contributed by atoms with Crippen LogP contribution in [0.5, 0.6) is 0 Å². The molecule has 0 spiro atoms. The first kappa shape index (κ1) is 15.2. The lowest BCUT2D eigenvalue weighted by Crippen LogP contribution is -2.30. The van der Waals surface area contributed by atoms with Gasteiger partial charge in [-0.2, -0.15) is 5.26 Å². The van der Waals surface area contributed by atoms with Crippen LogP contribution in [0.3, 0.4) is 0 Å². The first-order valence-electron chi connectivity index (χ1n) is 6.19. The van der Waals surface area contributed by atoms with Gasteiger partial charge in [-0.05, 0) is 36.3 Å². The van der Waals surface area contributed by atoms with Gasteiger partial charge in [-0.25, -0.2) is 9.97 Å². The highest BCUT2D eigenvalue weighted by Crippen LogP contribution is 2.10. The average Bonchev–Trinajstić information content (AvgIpc) is 2.48. The second-order valence-electron chi connectivity index (χ2n) is 4.13. The van der Waals surface area contributed by atoms with Crippen LogP contribution in [0.15, 0.2) is 36.7 Å². The summed E-state index contributed by atoms with van der Waals surface area (Å²) in [4.78, 5) is 7.93. The van der Waals surface area contributed by atoms with E-state index < -0.39 is 0 Å². The minimum atomic E-state index is 0.205. The highest BCUT2D eigenvalue weighted by atomic mass is 35.5. The predicted molar refractivity (Wildman–Crippen MR) is 86.1 cm³/mol. The van der Waals surface area contributed by atoms with E-state index in [2.05, 4.69) is 20.6 Å². The normalized spacial score (nSPS) is 9.71. The van der Waals surface area contributed by atoms with Crippen LogP contribution in [0.2, 0.25) is 5.02 Å². The first-order chi connectivity index (χ1) is 10.2. The molecule has 0 bridgehead atoms. The zero-order chi connectivity index (χ0) is 15.1. The number of thiocarbonyl (C=S) groups is 1. The van der Waals surface area contributed by atoms with E-state index in [0.29, 0.717) is 22.5 Å². The van der Waals surface area contributed by atoms with Crippen molar-refractivity contribution < 1.29 is 0 Å². The van der Waals surface area contributed by atoms with E-state index in [1.807, 2.05) is 30.3 Å². The molecular formula is C14H12ClN5S. The summed E-state index contributed by atoms with van der Waals surface area (Å²) in [6, 6.07) is 9.61. The summed E-state index contributed by atoms with van der Waals surface area (Å²) in [6.07, 6.45) is 3.74. The lowest BCUT2D eigenvalue weighted by Gasteiger charge is -2.10. The van der Waals surface area contributed by atoms with Crippen molar-refractivity contribution in [1.29, 1.82) is 5.26 Å². The molecule has 0 saturated carbocycles. The molecule has 1 aromatic heterocycles. The number of halogens is 1. The van der Waals surface area contributed by atoms with E-state index in [9.17, 15) is 0 Å². The van der Waals surface area contributed by atoms with Gasteiger partial charge in [0.2, 0.25) is 0 Å². The quantitative estimate of drug-likeness (QED) is 0.844. The van der Waals surface area contributed by atoms with Crippen molar-refractivity contribution in [3.8, 4) is 6.07 Å². The van der Waals surface area contributed by atoms with Gasteiger partial charge in [0.05, 0.1) is 0 Å². The van der Waals surface area contributed by atoms with Crippen molar-refractivity contribution in [1.82, 2.24) is 15.3 Å². The smallest absolute Gasteiger partial charge is 0.183 e. The lowest BCUT2D eigenvalue weighted by atomic mass is 10.1. The van der Waals surface area contributed by atoms with E-state index in [4.69, 9.17) is 29.1 Å². The molecule has 21 heavy (non-hydrogen) atoms. The monoisotopic (exact) mass is 317 g/mol. The second-order valence-corrected chi connectivity index (χ2v) is 4.97. The Morgan fingerprint density at radius 3 is 2.90 bits per heavy atom. The molecule has 5 nitrogen and oxygen atoms in total. The van der Waals surface area contributed by atoms with Crippen LogP contribution in [0.4, 0.5) is 5.82 Å². The molecule has 0 amide bonds. The summed E-state index contributed by atoms with van der Waals surface area (Å²) in [6.45, 7) is 0.647. The molecule has 0 atom stereocenters. The maximum atomic E-state index is 8.91. The number of nitrogens with zero attached hydrogens (tertiary/aromatic N) is 3. The standard InChI is InChI=1S/C14H12ClN5S/c15-11-3-1-2-10(8-11)4-5-19-14(21)20-13-12(9-16)17-6-7-18-13/h1-3,6-8H,4-5H2,(H2,18,19,20,21). The summed E-state index contributed by atoms with van der Waals surface area (Å²) in [5.74, 6) is 0.347. The van der Waals surface area contributed by atoms with Crippen molar-refractivity contribution >= 4 is 34.7 Å². The van der Waals surface area contributed by atoms with Crippen LogP contribution in [0.1, 0.15) is 11.3 Å². The third kappa shape index (κ3) is 4.67. The largest absolute Gasteiger partial charge is 0.362 e. The minimum absolute atomic E-state index is 0.205. The Labute approximate surface area is 133 Å². The highest BCUT2D eigenvalue weighted by Gasteiger charge is 2.05. The fourth-order valence-corrected chi connectivity index (χ4v) is 2.09. The van der Waals surface area contributed by atoms with E-state index in [0.717, 1.165) is 12.0 Å². The summed E-state index contributed by atoms with van der Waals surface area (Å²) >= 11 is 11.1. The topological polar surface area (TPSA) is 73.6 Å². The van der Waals surface area contributed by atoms with Crippen molar-refractivity contribution in [2.75, 3.05) is 11.9 Å². The molecule has 0 aliphatic heterocycles. The fourth-order valence-electron chi connectivity index (χ4n) is 1.68. The highest BCUT2D eigenvalue weighted by molar-refractivity contribution is 7.80. The van der Waals surface area contributed by atoms with Crippen molar-refractivity contribution in [3.05, 3.63) is 52.9 Å². The van der Waals surface area contributed by atoms with E-state index in [-0.39, 0.29) is 5.69 Å². The summed E-state index contributed by atoms with van der Waals surface area (Å²) in [5.41, 5.74) is 1.33. The maximum Gasteiger partial charge on any atom is 0.183 e. The Morgan fingerprint density at radius 1 is 1.33 bits per heavy atom. The van der Waals surface area contributed by atoms with Crippen molar-refractivity contribution in [2.45, 2.75) is 6.42 Å². The number of aromatic nitrogens is 2. The Kier molecular flexibility index (Phi) is 5.43. The van der Waals surface area contributed by atoms with Crippen LogP contribution in [0, 0.1) is 11.3 Å². The molecule has 106 valence electrons. The first-order valence-corrected chi connectivity index (χ1v) is 6.98. The number of anilines is 1. The number of hydrogen-bond acceptors (Lipinski definition) is 4. The molecule has 2 aromatic rings. The van der Waals surface area contributed by atoms with Crippen LogP contribution in [0.25, 0.3) is 0 Å². The Morgan fingerprint density at radius 2 is 2.14 bits per heavy atom. The van der Waals surface area contributed by atoms with Crippen LogP contribution in [-0.2, 0) is 6.42 Å². The molecule has 1 aromatic carbocycles. The predicted octanol–water partition coefficient (Wildman–Crippen LogP) is 2.53. The molecular weight excluding hydrogens is 306 g/mol. The Balaban J connectivity index is 1.84. The second kappa shape index (κ2) is 7.53. The molecule has 7 heteroatoms. The maximum absolute atomic E-state index is 8.91. The summed E-state index contributed by atoms with van der Waals surface area (Å²) < 4.78 is 0. The molecule has 0 aliphatic rings. The van der Waals surface area contributed by atoms with Gasteiger partial charge in [0, 0.05) is 24.0 Å². The van der Waals surface area contributed by atoms with Gasteiger partial charge in [0.15, 0.2) is 16.6 Å². The molecule has 2 rings (SSSR count). The van der Waals surface area contributed by atoms with Gasteiger partial charge in [-0.3, -0.25) is 0 Å². The van der Waals surface area contributed by atoms with Gasteiger partial charge >= 0.3 is 0 Å². The lowest BCUT2D eigenvalue weighted by molar-refractivity contribution is 0.872. The van der Waals surface area contributed by atoms with E-state index in [1.54, 1.807) is 0 Å². The summed E-state index contributed by atoms with van der Waals surface area (Å²) in [7, 11) is 0. The number of rotatable bonds is 4. The zero-order valence-corrected chi connectivity index (χ0v) is 12.6. The number of hydrogen-bond donors (Lipinski definition) is 2. The minimum Gasteiger partial charge on any atom is -0.362 e. The third-order valence-corrected chi connectivity index (χ3v) is 3.11.